The lowest BCUT2D eigenvalue weighted by molar-refractivity contribution is 0.0659. The standard InChI is InChI=1S/C14H23NO5/c1-11(12-5-6-13(20-12)14(16)17)15-7-3-4-8-19-10-9-18-2/h5-6,11,15H,3-4,7-10H2,1-2H3,(H,16,17). The molecular weight excluding hydrogens is 262 g/mol. The van der Waals surface area contributed by atoms with Crippen LogP contribution in [-0.4, -0.2) is 44.6 Å². The van der Waals surface area contributed by atoms with E-state index in [9.17, 15) is 4.79 Å². The summed E-state index contributed by atoms with van der Waals surface area (Å²) in [6.45, 7) is 4.76. The van der Waals surface area contributed by atoms with E-state index in [0.29, 0.717) is 19.0 Å². The largest absolute Gasteiger partial charge is 0.475 e. The van der Waals surface area contributed by atoms with Crippen molar-refractivity contribution in [2.45, 2.75) is 25.8 Å². The van der Waals surface area contributed by atoms with Gasteiger partial charge in [0.15, 0.2) is 0 Å². The summed E-state index contributed by atoms with van der Waals surface area (Å²) in [6, 6.07) is 3.16. The smallest absolute Gasteiger partial charge is 0.371 e. The molecule has 0 aromatic carbocycles. The van der Waals surface area contributed by atoms with E-state index in [1.807, 2.05) is 6.92 Å². The predicted octanol–water partition coefficient (Wildman–Crippen LogP) is 2.07. The third-order valence-electron chi connectivity index (χ3n) is 2.86. The summed E-state index contributed by atoms with van der Waals surface area (Å²) in [5, 5.41) is 12.1. The Balaban J connectivity index is 2.10. The highest BCUT2D eigenvalue weighted by molar-refractivity contribution is 5.84. The third-order valence-corrected chi connectivity index (χ3v) is 2.86. The summed E-state index contributed by atoms with van der Waals surface area (Å²) in [5.74, 6) is -0.435. The topological polar surface area (TPSA) is 80.9 Å². The Kier molecular flexibility index (Phi) is 7.94. The number of rotatable bonds is 11. The van der Waals surface area contributed by atoms with E-state index < -0.39 is 5.97 Å². The second-order valence-electron chi connectivity index (χ2n) is 4.50. The van der Waals surface area contributed by atoms with Gasteiger partial charge in [-0.25, -0.2) is 4.79 Å². The van der Waals surface area contributed by atoms with E-state index >= 15 is 0 Å². The number of hydrogen-bond acceptors (Lipinski definition) is 5. The normalized spacial score (nSPS) is 12.5. The van der Waals surface area contributed by atoms with E-state index in [4.69, 9.17) is 19.0 Å². The molecule has 1 aromatic rings. The maximum Gasteiger partial charge on any atom is 0.371 e. The number of methoxy groups -OCH3 is 1. The summed E-state index contributed by atoms with van der Waals surface area (Å²) in [7, 11) is 1.65. The van der Waals surface area contributed by atoms with Crippen LogP contribution in [0.15, 0.2) is 16.5 Å². The molecule has 1 rings (SSSR count). The van der Waals surface area contributed by atoms with Crippen LogP contribution in [0, 0.1) is 0 Å². The minimum absolute atomic E-state index is 0.00231. The van der Waals surface area contributed by atoms with Crippen molar-refractivity contribution in [2.75, 3.05) is 33.5 Å². The van der Waals surface area contributed by atoms with Gasteiger partial charge in [-0.2, -0.15) is 0 Å². The molecule has 2 N–H and O–H groups in total. The van der Waals surface area contributed by atoms with Crippen LogP contribution in [0.3, 0.4) is 0 Å². The number of aromatic carboxylic acids is 1. The Hall–Kier alpha value is -1.37. The van der Waals surface area contributed by atoms with Crippen molar-refractivity contribution in [3.8, 4) is 0 Å². The average Bonchev–Trinajstić information content (AvgIpc) is 2.91. The fourth-order valence-corrected chi connectivity index (χ4v) is 1.69. The van der Waals surface area contributed by atoms with Crippen LogP contribution in [0.5, 0.6) is 0 Å². The van der Waals surface area contributed by atoms with E-state index in [1.54, 1.807) is 13.2 Å². The van der Waals surface area contributed by atoms with Crippen molar-refractivity contribution in [1.29, 1.82) is 0 Å². The minimum Gasteiger partial charge on any atom is -0.475 e. The van der Waals surface area contributed by atoms with Gasteiger partial charge in [0.05, 0.1) is 19.3 Å². The van der Waals surface area contributed by atoms with Crippen molar-refractivity contribution in [1.82, 2.24) is 5.32 Å². The molecule has 0 aliphatic heterocycles. The Morgan fingerprint density at radius 1 is 1.35 bits per heavy atom. The van der Waals surface area contributed by atoms with Crippen LogP contribution < -0.4 is 5.32 Å². The van der Waals surface area contributed by atoms with E-state index in [2.05, 4.69) is 5.32 Å². The summed E-state index contributed by atoms with van der Waals surface area (Å²) >= 11 is 0. The van der Waals surface area contributed by atoms with Crippen LogP contribution in [-0.2, 0) is 9.47 Å². The molecule has 0 saturated carbocycles. The van der Waals surface area contributed by atoms with Crippen molar-refractivity contribution in [3.63, 3.8) is 0 Å². The van der Waals surface area contributed by atoms with E-state index in [-0.39, 0.29) is 11.8 Å². The number of unbranched alkanes of at least 4 members (excludes halogenated alkanes) is 1. The molecular formula is C14H23NO5. The summed E-state index contributed by atoms with van der Waals surface area (Å²) in [6.07, 6.45) is 1.96. The molecule has 0 spiro atoms. The lowest BCUT2D eigenvalue weighted by atomic mass is 10.2. The van der Waals surface area contributed by atoms with Gasteiger partial charge in [0.1, 0.15) is 5.76 Å². The number of carbonyl (C=O) groups is 1. The maximum atomic E-state index is 10.7. The molecule has 0 amide bonds. The quantitative estimate of drug-likeness (QED) is 0.606. The van der Waals surface area contributed by atoms with Crippen molar-refractivity contribution >= 4 is 5.97 Å². The molecule has 0 aliphatic carbocycles. The van der Waals surface area contributed by atoms with Gasteiger partial charge in [0, 0.05) is 13.7 Å². The number of hydrogen-bond donors (Lipinski definition) is 2. The number of carboxylic acid groups (broad SMARTS) is 1. The fraction of sp³-hybridized carbons (Fsp3) is 0.643. The lowest BCUT2D eigenvalue weighted by Gasteiger charge is -2.11. The molecule has 6 heteroatoms. The molecule has 0 bridgehead atoms. The Bertz CT molecular complexity index is 391. The molecule has 0 aliphatic rings. The summed E-state index contributed by atoms with van der Waals surface area (Å²) in [5.41, 5.74) is 0. The summed E-state index contributed by atoms with van der Waals surface area (Å²) < 4.78 is 15.5. The first kappa shape index (κ1) is 16.7. The zero-order valence-corrected chi connectivity index (χ0v) is 12.1. The van der Waals surface area contributed by atoms with Gasteiger partial charge in [0.2, 0.25) is 5.76 Å². The number of ether oxygens (including phenoxy) is 2. The third kappa shape index (κ3) is 6.18. The van der Waals surface area contributed by atoms with Crippen LogP contribution >= 0.6 is 0 Å². The van der Waals surface area contributed by atoms with Crippen molar-refractivity contribution in [3.05, 3.63) is 23.7 Å². The van der Waals surface area contributed by atoms with Gasteiger partial charge in [-0.3, -0.25) is 0 Å². The molecule has 6 nitrogen and oxygen atoms in total. The monoisotopic (exact) mass is 285 g/mol. The molecule has 0 fully saturated rings. The molecule has 1 heterocycles. The van der Waals surface area contributed by atoms with Crippen molar-refractivity contribution in [2.24, 2.45) is 0 Å². The molecule has 20 heavy (non-hydrogen) atoms. The highest BCUT2D eigenvalue weighted by Gasteiger charge is 2.13. The lowest BCUT2D eigenvalue weighted by Crippen LogP contribution is -2.19. The Labute approximate surface area is 119 Å². The number of nitrogens with one attached hydrogen (secondary N) is 1. The first-order chi connectivity index (χ1) is 9.65. The average molecular weight is 285 g/mol. The minimum atomic E-state index is -1.04. The second-order valence-corrected chi connectivity index (χ2v) is 4.50. The van der Waals surface area contributed by atoms with Crippen LogP contribution in [0.25, 0.3) is 0 Å². The first-order valence-electron chi connectivity index (χ1n) is 6.78. The zero-order valence-electron chi connectivity index (χ0n) is 12.1. The first-order valence-corrected chi connectivity index (χ1v) is 6.78. The molecule has 114 valence electrons. The van der Waals surface area contributed by atoms with Gasteiger partial charge in [-0.15, -0.1) is 0 Å². The molecule has 0 saturated heterocycles. The van der Waals surface area contributed by atoms with Gasteiger partial charge in [-0.1, -0.05) is 0 Å². The van der Waals surface area contributed by atoms with Crippen molar-refractivity contribution < 1.29 is 23.8 Å². The predicted molar refractivity (Wildman–Crippen MR) is 74.0 cm³/mol. The Morgan fingerprint density at radius 2 is 2.15 bits per heavy atom. The van der Waals surface area contributed by atoms with Gasteiger partial charge in [-0.05, 0) is 38.4 Å². The maximum absolute atomic E-state index is 10.7. The SMILES string of the molecule is COCCOCCCCNC(C)c1ccc(C(=O)O)o1. The molecule has 1 unspecified atom stereocenters. The van der Waals surface area contributed by atoms with E-state index in [0.717, 1.165) is 26.0 Å². The highest BCUT2D eigenvalue weighted by Crippen LogP contribution is 2.16. The summed E-state index contributed by atoms with van der Waals surface area (Å²) in [4.78, 5) is 10.7. The highest BCUT2D eigenvalue weighted by atomic mass is 16.5. The van der Waals surface area contributed by atoms with E-state index in [1.165, 1.54) is 6.07 Å². The number of carboxylic acids is 1. The fourth-order valence-electron chi connectivity index (χ4n) is 1.69. The molecule has 1 atom stereocenters. The second kappa shape index (κ2) is 9.52. The van der Waals surface area contributed by atoms with Gasteiger partial charge in [0.25, 0.3) is 0 Å². The Morgan fingerprint density at radius 3 is 2.80 bits per heavy atom. The number of furan rings is 1. The van der Waals surface area contributed by atoms with Crippen LogP contribution in [0.2, 0.25) is 0 Å². The van der Waals surface area contributed by atoms with Crippen LogP contribution in [0.1, 0.15) is 42.1 Å². The molecule has 1 aromatic heterocycles. The molecule has 0 radical (unpaired) electrons. The van der Waals surface area contributed by atoms with Crippen LogP contribution in [0.4, 0.5) is 0 Å². The van der Waals surface area contributed by atoms with Gasteiger partial charge >= 0.3 is 5.97 Å². The zero-order chi connectivity index (χ0) is 14.8. The van der Waals surface area contributed by atoms with Gasteiger partial charge < -0.3 is 24.3 Å².